The monoisotopic (exact) mass is 365 g/mol. The van der Waals surface area contributed by atoms with Crippen LogP contribution in [0, 0.1) is 17.8 Å². The summed E-state index contributed by atoms with van der Waals surface area (Å²) in [5.41, 5.74) is 2.88. The summed E-state index contributed by atoms with van der Waals surface area (Å²) >= 11 is -0.370. The molecule has 2 nitrogen and oxygen atoms in total. The molecule has 26 heavy (non-hydrogen) atoms. The van der Waals surface area contributed by atoms with Gasteiger partial charge in [-0.05, 0) is 24.0 Å². The van der Waals surface area contributed by atoms with Crippen molar-refractivity contribution >= 4 is 15.6 Å². The molecule has 0 saturated carbocycles. The predicted molar refractivity (Wildman–Crippen MR) is 112 cm³/mol. The molecule has 1 saturated heterocycles. The smallest absolute Gasteiger partial charge is 0.435 e. The first kappa shape index (κ1) is 19.6. The van der Waals surface area contributed by atoms with Gasteiger partial charge in [-0.1, -0.05) is 79.8 Å². The minimum atomic E-state index is -0.370. The third-order valence-corrected chi connectivity index (χ3v) is 6.77. The number of nitrogens with zero attached hydrogens (tertiary/aromatic N) is 1. The standard InChI is InChI=1S/C21H26NO.C2H5.Al.H/c1-16-7-6-10-19(12-11-16)21-15-22(14-20(21)17(2)23)13-18-8-4-3-5-9-18;1-2;;/h3-12,16-17,20-21H,13-15H2,1-2H3;1H2,2H3;;/q-1;;+1;/t16?,17-,20+,21+;;;/m1.../s1. The van der Waals surface area contributed by atoms with Crippen molar-refractivity contribution in [2.75, 3.05) is 13.1 Å². The molecule has 0 spiro atoms. The van der Waals surface area contributed by atoms with Crippen molar-refractivity contribution in [3.63, 3.8) is 0 Å². The highest BCUT2D eigenvalue weighted by Gasteiger charge is 2.37. The average molecular weight is 365 g/mol. The molecule has 1 aromatic rings. The van der Waals surface area contributed by atoms with E-state index in [4.69, 9.17) is 3.79 Å². The SMILES string of the molecule is C[CH2][AlH][O][C@H](C)[C@@H]1CN(Cc2ccccc2)C[C@H]1C1=CC=CC(C)C=C1. The molecule has 0 aromatic heterocycles. The average Bonchev–Trinajstić information content (AvgIpc) is 2.94. The molecule has 1 aromatic carbocycles. The summed E-state index contributed by atoms with van der Waals surface area (Å²) in [6, 6.07) is 10.9. The third-order valence-electron chi connectivity index (χ3n) is 5.60. The minimum absolute atomic E-state index is 0.353. The molecular formula is C23H32AlNO. The van der Waals surface area contributed by atoms with Gasteiger partial charge < -0.3 is 3.79 Å². The van der Waals surface area contributed by atoms with E-state index in [1.807, 2.05) is 0 Å². The van der Waals surface area contributed by atoms with E-state index < -0.39 is 0 Å². The van der Waals surface area contributed by atoms with Gasteiger partial charge in [0.05, 0.1) is 0 Å². The minimum Gasteiger partial charge on any atom is -0.501 e. The summed E-state index contributed by atoms with van der Waals surface area (Å²) in [7, 11) is 0. The molecule has 3 heteroatoms. The number of likely N-dealkylation sites (tertiary alicyclic amines) is 1. The lowest BCUT2D eigenvalue weighted by Crippen LogP contribution is -2.29. The summed E-state index contributed by atoms with van der Waals surface area (Å²) < 4.78 is 6.29. The Morgan fingerprint density at radius 2 is 2.00 bits per heavy atom. The van der Waals surface area contributed by atoms with Crippen molar-refractivity contribution < 1.29 is 3.79 Å². The van der Waals surface area contributed by atoms with Gasteiger partial charge in [0.15, 0.2) is 0 Å². The van der Waals surface area contributed by atoms with Crippen molar-refractivity contribution in [3.8, 4) is 0 Å². The van der Waals surface area contributed by atoms with E-state index >= 15 is 0 Å². The molecule has 1 aliphatic carbocycles. The first-order chi connectivity index (χ1) is 12.7. The van der Waals surface area contributed by atoms with E-state index in [1.54, 1.807) is 0 Å². The molecule has 0 N–H and O–H groups in total. The van der Waals surface area contributed by atoms with Crippen LogP contribution in [-0.4, -0.2) is 39.6 Å². The van der Waals surface area contributed by atoms with E-state index in [0.717, 1.165) is 19.6 Å². The summed E-state index contributed by atoms with van der Waals surface area (Å²) in [4.78, 5) is 2.62. The normalized spacial score (nSPS) is 27.2. The zero-order valence-electron chi connectivity index (χ0n) is 16.5. The van der Waals surface area contributed by atoms with E-state index in [2.05, 4.69) is 86.4 Å². The fourth-order valence-electron chi connectivity index (χ4n) is 4.11. The molecule has 1 fully saturated rings. The highest BCUT2D eigenvalue weighted by Crippen LogP contribution is 2.35. The van der Waals surface area contributed by atoms with Crippen LogP contribution >= 0.6 is 0 Å². The van der Waals surface area contributed by atoms with Crippen LogP contribution in [0.25, 0.3) is 0 Å². The Morgan fingerprint density at radius 1 is 1.19 bits per heavy atom. The quantitative estimate of drug-likeness (QED) is 0.654. The van der Waals surface area contributed by atoms with Gasteiger partial charge in [-0.15, -0.1) is 0 Å². The summed E-state index contributed by atoms with van der Waals surface area (Å²) in [5, 5.41) is 1.22. The maximum Gasteiger partial charge on any atom is 0.435 e. The summed E-state index contributed by atoms with van der Waals surface area (Å²) in [6.07, 6.45) is 11.9. The van der Waals surface area contributed by atoms with Gasteiger partial charge in [-0.2, -0.15) is 0 Å². The first-order valence-electron chi connectivity index (χ1n) is 10.1. The summed E-state index contributed by atoms with van der Waals surface area (Å²) in [5.74, 6) is 1.66. The van der Waals surface area contributed by atoms with Gasteiger partial charge in [0.25, 0.3) is 0 Å². The van der Waals surface area contributed by atoms with Crippen molar-refractivity contribution in [2.45, 2.75) is 38.7 Å². The Labute approximate surface area is 165 Å². The molecule has 0 radical (unpaired) electrons. The van der Waals surface area contributed by atoms with Crippen LogP contribution in [0.4, 0.5) is 0 Å². The van der Waals surface area contributed by atoms with Gasteiger partial charge in [0.1, 0.15) is 0 Å². The van der Waals surface area contributed by atoms with Crippen molar-refractivity contribution in [2.24, 2.45) is 17.8 Å². The maximum absolute atomic E-state index is 6.29. The van der Waals surface area contributed by atoms with Crippen LogP contribution in [0.1, 0.15) is 26.3 Å². The molecule has 138 valence electrons. The highest BCUT2D eigenvalue weighted by molar-refractivity contribution is 6.26. The Balaban J connectivity index is 1.76. The zero-order valence-corrected chi connectivity index (χ0v) is 17.9. The molecule has 3 rings (SSSR count). The predicted octanol–water partition coefficient (Wildman–Crippen LogP) is 4.62. The second-order valence-corrected chi connectivity index (χ2v) is 9.54. The molecular weight excluding hydrogens is 333 g/mol. The first-order valence-corrected chi connectivity index (χ1v) is 11.7. The Hall–Kier alpha value is -1.11. The van der Waals surface area contributed by atoms with Gasteiger partial charge >= 0.3 is 15.6 Å². The van der Waals surface area contributed by atoms with Crippen molar-refractivity contribution in [1.82, 2.24) is 4.90 Å². The highest BCUT2D eigenvalue weighted by atomic mass is 27.1. The zero-order chi connectivity index (χ0) is 18.4. The van der Waals surface area contributed by atoms with E-state index in [1.165, 1.54) is 16.4 Å². The number of hydrogen-bond donors (Lipinski definition) is 0. The number of allylic oxidation sites excluding steroid dienone is 5. The number of hydrogen-bond acceptors (Lipinski definition) is 2. The molecule has 0 amide bonds. The van der Waals surface area contributed by atoms with Crippen LogP contribution in [0.3, 0.4) is 0 Å². The molecule has 1 heterocycles. The lowest BCUT2D eigenvalue weighted by molar-refractivity contribution is 0.144. The largest absolute Gasteiger partial charge is 0.501 e. The second kappa shape index (κ2) is 9.72. The molecule has 1 aliphatic heterocycles. The fraction of sp³-hybridized carbons (Fsp3) is 0.478. The van der Waals surface area contributed by atoms with Crippen molar-refractivity contribution in [3.05, 3.63) is 71.8 Å². The fourth-order valence-corrected chi connectivity index (χ4v) is 4.97. The molecule has 2 aliphatic rings. The Morgan fingerprint density at radius 3 is 2.77 bits per heavy atom. The summed E-state index contributed by atoms with van der Waals surface area (Å²) in [6.45, 7) is 10.1. The van der Waals surface area contributed by atoms with Gasteiger partial charge in [-0.25, -0.2) is 0 Å². The van der Waals surface area contributed by atoms with Crippen LogP contribution in [-0.2, 0) is 10.3 Å². The van der Waals surface area contributed by atoms with Crippen molar-refractivity contribution in [1.29, 1.82) is 0 Å². The van der Waals surface area contributed by atoms with E-state index in [0.29, 0.717) is 23.9 Å². The van der Waals surface area contributed by atoms with Gasteiger partial charge in [0.2, 0.25) is 0 Å². The molecule has 1 unspecified atom stereocenters. The third kappa shape index (κ3) is 5.21. The van der Waals surface area contributed by atoms with Gasteiger partial charge in [0, 0.05) is 37.6 Å². The Kier molecular flexibility index (Phi) is 7.35. The second-order valence-electron chi connectivity index (χ2n) is 7.80. The molecule has 0 bridgehead atoms. The van der Waals surface area contributed by atoms with E-state index in [9.17, 15) is 0 Å². The van der Waals surface area contributed by atoms with Crippen LogP contribution in [0.2, 0.25) is 5.28 Å². The van der Waals surface area contributed by atoms with Gasteiger partial charge in [-0.3, -0.25) is 4.90 Å². The van der Waals surface area contributed by atoms with E-state index in [-0.39, 0.29) is 15.6 Å². The van der Waals surface area contributed by atoms with Crippen LogP contribution in [0.5, 0.6) is 0 Å². The maximum atomic E-state index is 6.29. The Bertz CT molecular complexity index is 651. The lowest BCUT2D eigenvalue weighted by Gasteiger charge is -2.27. The number of benzene rings is 1. The lowest BCUT2D eigenvalue weighted by atomic mass is 9.85. The number of rotatable bonds is 7. The van der Waals surface area contributed by atoms with Crippen LogP contribution in [0.15, 0.2) is 66.3 Å². The molecule has 4 atom stereocenters. The topological polar surface area (TPSA) is 12.5 Å². The van der Waals surface area contributed by atoms with Crippen LogP contribution < -0.4 is 0 Å².